The van der Waals surface area contributed by atoms with Crippen molar-refractivity contribution < 1.29 is 14.0 Å². The number of nitrogens with one attached hydrogen (secondary N) is 2. The van der Waals surface area contributed by atoms with Crippen molar-refractivity contribution >= 4 is 29.9 Å². The number of aliphatic imine (C=N–C) groups is 1. The molecular formula is C17H33IN4O3. The quantitative estimate of drug-likeness (QED) is 0.213. The van der Waals surface area contributed by atoms with Crippen LogP contribution >= 0.6 is 24.0 Å². The molecule has 0 bridgehead atoms. The summed E-state index contributed by atoms with van der Waals surface area (Å²) in [6.45, 7) is 10.4. The van der Waals surface area contributed by atoms with Gasteiger partial charge in [-0.2, -0.15) is 0 Å². The summed E-state index contributed by atoms with van der Waals surface area (Å²) in [4.78, 5) is 4.65. The number of halogens is 1. The monoisotopic (exact) mass is 468 g/mol. The van der Waals surface area contributed by atoms with E-state index in [1.54, 1.807) is 7.11 Å². The lowest BCUT2D eigenvalue weighted by molar-refractivity contribution is 0.0698. The predicted octanol–water partition coefficient (Wildman–Crippen LogP) is 2.53. The van der Waals surface area contributed by atoms with Gasteiger partial charge in [-0.15, -0.1) is 24.0 Å². The minimum Gasteiger partial charge on any atom is -0.382 e. The van der Waals surface area contributed by atoms with Crippen LogP contribution in [0.1, 0.15) is 44.2 Å². The lowest BCUT2D eigenvalue weighted by atomic mass is 10.1. The van der Waals surface area contributed by atoms with E-state index in [0.717, 1.165) is 55.3 Å². The van der Waals surface area contributed by atoms with E-state index in [0.29, 0.717) is 26.4 Å². The summed E-state index contributed by atoms with van der Waals surface area (Å²) in [5.74, 6) is 1.73. The van der Waals surface area contributed by atoms with Crippen LogP contribution in [0.25, 0.3) is 0 Å². The Bertz CT molecular complexity index is 459. The van der Waals surface area contributed by atoms with Crippen molar-refractivity contribution in [2.75, 3.05) is 40.0 Å². The van der Waals surface area contributed by atoms with Crippen molar-refractivity contribution in [2.45, 2.75) is 46.6 Å². The fourth-order valence-corrected chi connectivity index (χ4v) is 2.24. The number of aryl methyl sites for hydroxylation is 2. The molecule has 0 saturated heterocycles. The average molecular weight is 468 g/mol. The number of hydrogen-bond acceptors (Lipinski definition) is 5. The fourth-order valence-electron chi connectivity index (χ4n) is 2.24. The third-order valence-electron chi connectivity index (χ3n) is 3.54. The summed E-state index contributed by atoms with van der Waals surface area (Å²) in [6, 6.07) is 0. The van der Waals surface area contributed by atoms with Crippen molar-refractivity contribution in [3.63, 3.8) is 0 Å². The summed E-state index contributed by atoms with van der Waals surface area (Å²) >= 11 is 0. The van der Waals surface area contributed by atoms with Crippen LogP contribution in [0.2, 0.25) is 0 Å². The molecule has 0 radical (unpaired) electrons. The third kappa shape index (κ3) is 9.41. The molecule has 1 aromatic heterocycles. The fraction of sp³-hybridized carbons (Fsp3) is 0.765. The third-order valence-corrected chi connectivity index (χ3v) is 3.54. The second kappa shape index (κ2) is 15.4. The molecule has 7 nitrogen and oxygen atoms in total. The minimum atomic E-state index is 0. The van der Waals surface area contributed by atoms with Gasteiger partial charge in [-0.25, -0.2) is 4.99 Å². The zero-order valence-corrected chi connectivity index (χ0v) is 18.2. The van der Waals surface area contributed by atoms with E-state index in [4.69, 9.17) is 14.0 Å². The molecule has 0 aliphatic carbocycles. The second-order valence-electron chi connectivity index (χ2n) is 5.32. The molecule has 0 aliphatic heterocycles. The van der Waals surface area contributed by atoms with Gasteiger partial charge in [0.25, 0.3) is 0 Å². The average Bonchev–Trinajstić information content (AvgIpc) is 3.00. The smallest absolute Gasteiger partial charge is 0.191 e. The van der Waals surface area contributed by atoms with Gasteiger partial charge in [0.2, 0.25) is 0 Å². The number of ether oxygens (including phenoxy) is 2. The molecule has 146 valence electrons. The molecule has 0 unspecified atom stereocenters. The van der Waals surface area contributed by atoms with Gasteiger partial charge in [0.15, 0.2) is 5.96 Å². The molecule has 1 heterocycles. The number of aromatic nitrogens is 1. The standard InChI is InChI=1S/C17H32N4O3.HI/c1-5-15-14(16(6-2)24-21-15)13-20-17(18-7-3)19-9-8-10-23-12-11-22-4;/h5-13H2,1-4H3,(H2,18,19,20);1H. The molecule has 0 amide bonds. The molecule has 1 aromatic rings. The molecule has 2 N–H and O–H groups in total. The van der Waals surface area contributed by atoms with Crippen LogP contribution in [0.3, 0.4) is 0 Å². The van der Waals surface area contributed by atoms with Crippen LogP contribution in [0.5, 0.6) is 0 Å². The number of hydrogen-bond donors (Lipinski definition) is 2. The summed E-state index contributed by atoms with van der Waals surface area (Å²) in [5, 5.41) is 10.7. The maximum Gasteiger partial charge on any atom is 0.191 e. The molecule has 8 heteroatoms. The first-order valence-corrected chi connectivity index (χ1v) is 8.81. The molecule has 0 saturated carbocycles. The van der Waals surface area contributed by atoms with Crippen LogP contribution in [0, 0.1) is 0 Å². The summed E-state index contributed by atoms with van der Waals surface area (Å²) in [7, 11) is 1.67. The molecule has 0 spiro atoms. The Balaban J connectivity index is 0.00000576. The number of rotatable bonds is 12. The highest BCUT2D eigenvalue weighted by Gasteiger charge is 2.12. The van der Waals surface area contributed by atoms with Gasteiger partial charge in [0, 0.05) is 38.8 Å². The van der Waals surface area contributed by atoms with Gasteiger partial charge in [-0.05, 0) is 19.8 Å². The Morgan fingerprint density at radius 2 is 1.92 bits per heavy atom. The largest absolute Gasteiger partial charge is 0.382 e. The zero-order valence-electron chi connectivity index (χ0n) is 15.9. The van der Waals surface area contributed by atoms with E-state index in [1.807, 2.05) is 0 Å². The minimum absolute atomic E-state index is 0. The normalized spacial score (nSPS) is 11.3. The maximum atomic E-state index is 5.45. The van der Waals surface area contributed by atoms with Crippen LogP contribution in [0.15, 0.2) is 9.52 Å². The topological polar surface area (TPSA) is 80.9 Å². The van der Waals surface area contributed by atoms with Gasteiger partial charge < -0.3 is 24.6 Å². The van der Waals surface area contributed by atoms with E-state index in [2.05, 4.69) is 41.6 Å². The van der Waals surface area contributed by atoms with E-state index in [-0.39, 0.29) is 24.0 Å². The maximum absolute atomic E-state index is 5.45. The summed E-state index contributed by atoms with van der Waals surface area (Å²) in [5.41, 5.74) is 2.11. The molecule has 0 fully saturated rings. The van der Waals surface area contributed by atoms with Crippen molar-refractivity contribution in [3.8, 4) is 0 Å². The Hall–Kier alpha value is -0.870. The number of guanidine groups is 1. The molecule has 0 atom stereocenters. The molecular weight excluding hydrogens is 435 g/mol. The van der Waals surface area contributed by atoms with Crippen LogP contribution in [0.4, 0.5) is 0 Å². The highest BCUT2D eigenvalue weighted by molar-refractivity contribution is 14.0. The van der Waals surface area contributed by atoms with Gasteiger partial charge in [-0.1, -0.05) is 19.0 Å². The van der Waals surface area contributed by atoms with Gasteiger partial charge >= 0.3 is 0 Å². The van der Waals surface area contributed by atoms with E-state index in [1.165, 1.54) is 0 Å². The Kier molecular flexibility index (Phi) is 14.9. The van der Waals surface area contributed by atoms with Gasteiger partial charge in [0.1, 0.15) is 5.76 Å². The zero-order chi connectivity index (χ0) is 17.6. The van der Waals surface area contributed by atoms with E-state index >= 15 is 0 Å². The Labute approximate surface area is 168 Å². The number of nitrogens with zero attached hydrogens (tertiary/aromatic N) is 2. The van der Waals surface area contributed by atoms with Crippen LogP contribution in [-0.4, -0.2) is 51.1 Å². The van der Waals surface area contributed by atoms with Gasteiger partial charge in [-0.3, -0.25) is 0 Å². The summed E-state index contributed by atoms with van der Waals surface area (Å²) < 4.78 is 15.8. The van der Waals surface area contributed by atoms with E-state index < -0.39 is 0 Å². The summed E-state index contributed by atoms with van der Waals surface area (Å²) in [6.07, 6.45) is 2.61. The highest BCUT2D eigenvalue weighted by Crippen LogP contribution is 2.16. The van der Waals surface area contributed by atoms with Crippen molar-refractivity contribution in [3.05, 3.63) is 17.0 Å². The molecule has 0 aliphatic rings. The molecule has 0 aromatic carbocycles. The highest BCUT2D eigenvalue weighted by atomic mass is 127. The van der Waals surface area contributed by atoms with Crippen molar-refractivity contribution in [2.24, 2.45) is 4.99 Å². The molecule has 1 rings (SSSR count). The SMILES string of the molecule is CCNC(=NCc1c(CC)noc1CC)NCCCOCCOC.I. The Morgan fingerprint density at radius 3 is 2.56 bits per heavy atom. The Morgan fingerprint density at radius 1 is 1.12 bits per heavy atom. The van der Waals surface area contributed by atoms with Gasteiger partial charge in [0.05, 0.1) is 25.5 Å². The van der Waals surface area contributed by atoms with E-state index in [9.17, 15) is 0 Å². The predicted molar refractivity (Wildman–Crippen MR) is 111 cm³/mol. The first kappa shape index (κ1) is 24.1. The van der Waals surface area contributed by atoms with Crippen molar-refractivity contribution in [1.29, 1.82) is 0 Å². The first-order chi connectivity index (χ1) is 11.8. The first-order valence-electron chi connectivity index (χ1n) is 8.81. The van der Waals surface area contributed by atoms with Crippen LogP contribution in [-0.2, 0) is 28.9 Å². The van der Waals surface area contributed by atoms with Crippen LogP contribution < -0.4 is 10.6 Å². The van der Waals surface area contributed by atoms with Crippen molar-refractivity contribution in [1.82, 2.24) is 15.8 Å². The lowest BCUT2D eigenvalue weighted by Crippen LogP contribution is -2.38. The lowest BCUT2D eigenvalue weighted by Gasteiger charge is -2.11. The number of methoxy groups -OCH3 is 1. The second-order valence-corrected chi connectivity index (χ2v) is 5.32. The molecule has 25 heavy (non-hydrogen) atoms.